The van der Waals surface area contributed by atoms with Crippen LogP contribution in [-0.4, -0.2) is 47.2 Å². The van der Waals surface area contributed by atoms with Crippen molar-refractivity contribution in [3.05, 3.63) is 48.2 Å². The molecule has 7 nitrogen and oxygen atoms in total. The highest BCUT2D eigenvalue weighted by molar-refractivity contribution is 6.03. The highest BCUT2D eigenvalue weighted by atomic mass is 16.5. The van der Waals surface area contributed by atoms with Crippen LogP contribution in [0.4, 0.5) is 11.8 Å². The SMILES string of the molecule is O=C(Nc1nc2ccccc2[nH]1)c1ccc(N2CCOCC2)nc1. The first-order chi connectivity index (χ1) is 11.8. The molecule has 7 heteroatoms. The molecule has 3 heterocycles. The van der Waals surface area contributed by atoms with E-state index in [2.05, 4.69) is 25.2 Å². The maximum Gasteiger partial charge on any atom is 0.259 e. The van der Waals surface area contributed by atoms with E-state index in [9.17, 15) is 4.79 Å². The molecule has 122 valence electrons. The second kappa shape index (κ2) is 6.29. The molecule has 2 aromatic heterocycles. The van der Waals surface area contributed by atoms with Crippen molar-refractivity contribution >= 4 is 28.7 Å². The van der Waals surface area contributed by atoms with Gasteiger partial charge in [0, 0.05) is 19.3 Å². The highest BCUT2D eigenvalue weighted by Crippen LogP contribution is 2.16. The molecule has 1 amide bonds. The monoisotopic (exact) mass is 323 g/mol. The molecular weight excluding hydrogens is 306 g/mol. The van der Waals surface area contributed by atoms with Crippen LogP contribution in [0.15, 0.2) is 42.6 Å². The number of morpholine rings is 1. The second-order valence-electron chi connectivity index (χ2n) is 5.56. The Bertz CT molecular complexity index is 820. The molecule has 0 bridgehead atoms. The lowest BCUT2D eigenvalue weighted by molar-refractivity contribution is 0.102. The van der Waals surface area contributed by atoms with Crippen molar-refractivity contribution in [3.63, 3.8) is 0 Å². The van der Waals surface area contributed by atoms with E-state index in [4.69, 9.17) is 4.74 Å². The summed E-state index contributed by atoms with van der Waals surface area (Å²) in [7, 11) is 0. The standard InChI is InChI=1S/C17H17N5O2/c23-16(21-17-19-13-3-1-2-4-14(13)20-17)12-5-6-15(18-11-12)22-7-9-24-10-8-22/h1-6,11H,7-10H2,(H2,19,20,21,23). The molecule has 0 aliphatic carbocycles. The highest BCUT2D eigenvalue weighted by Gasteiger charge is 2.14. The van der Waals surface area contributed by atoms with Crippen molar-refractivity contribution in [1.29, 1.82) is 0 Å². The average Bonchev–Trinajstić information content (AvgIpc) is 3.05. The van der Waals surface area contributed by atoms with E-state index in [-0.39, 0.29) is 5.91 Å². The average molecular weight is 323 g/mol. The van der Waals surface area contributed by atoms with Crippen molar-refractivity contribution in [1.82, 2.24) is 15.0 Å². The first-order valence-corrected chi connectivity index (χ1v) is 7.84. The number of aromatic nitrogens is 3. The molecule has 1 saturated heterocycles. The predicted octanol–water partition coefficient (Wildman–Crippen LogP) is 2.05. The largest absolute Gasteiger partial charge is 0.378 e. The Morgan fingerprint density at radius 1 is 1.17 bits per heavy atom. The van der Waals surface area contributed by atoms with Gasteiger partial charge < -0.3 is 14.6 Å². The van der Waals surface area contributed by atoms with Gasteiger partial charge in [0.15, 0.2) is 0 Å². The number of carbonyl (C=O) groups excluding carboxylic acids is 1. The number of hydrogen-bond acceptors (Lipinski definition) is 5. The molecule has 0 radical (unpaired) electrons. The van der Waals surface area contributed by atoms with Crippen molar-refractivity contribution < 1.29 is 9.53 Å². The van der Waals surface area contributed by atoms with Crippen LogP contribution in [0.5, 0.6) is 0 Å². The van der Waals surface area contributed by atoms with Crippen LogP contribution in [0.2, 0.25) is 0 Å². The Morgan fingerprint density at radius 2 is 2.00 bits per heavy atom. The van der Waals surface area contributed by atoms with Gasteiger partial charge in [-0.05, 0) is 24.3 Å². The third-order valence-electron chi connectivity index (χ3n) is 3.97. The topological polar surface area (TPSA) is 83.1 Å². The Morgan fingerprint density at radius 3 is 2.75 bits per heavy atom. The molecule has 1 aliphatic rings. The predicted molar refractivity (Wildman–Crippen MR) is 91.3 cm³/mol. The summed E-state index contributed by atoms with van der Waals surface area (Å²) in [6.07, 6.45) is 1.59. The zero-order valence-electron chi connectivity index (χ0n) is 13.0. The third kappa shape index (κ3) is 2.93. The Kier molecular flexibility index (Phi) is 3.84. The van der Waals surface area contributed by atoms with Gasteiger partial charge in [-0.1, -0.05) is 12.1 Å². The van der Waals surface area contributed by atoms with Crippen molar-refractivity contribution in [2.24, 2.45) is 0 Å². The summed E-state index contributed by atoms with van der Waals surface area (Å²) in [4.78, 5) is 26.3. The van der Waals surface area contributed by atoms with Gasteiger partial charge >= 0.3 is 0 Å². The Hall–Kier alpha value is -2.93. The van der Waals surface area contributed by atoms with Gasteiger partial charge in [-0.3, -0.25) is 10.1 Å². The Balaban J connectivity index is 1.47. The van der Waals surface area contributed by atoms with Crippen molar-refractivity contribution in [2.45, 2.75) is 0 Å². The number of aromatic amines is 1. The van der Waals surface area contributed by atoms with Gasteiger partial charge in [0.2, 0.25) is 5.95 Å². The number of carbonyl (C=O) groups is 1. The molecule has 1 aromatic carbocycles. The van der Waals surface area contributed by atoms with E-state index in [1.807, 2.05) is 30.3 Å². The number of benzene rings is 1. The minimum Gasteiger partial charge on any atom is -0.378 e. The summed E-state index contributed by atoms with van der Waals surface area (Å²) in [6.45, 7) is 3.04. The number of fused-ring (bicyclic) bond motifs is 1. The maximum absolute atomic E-state index is 12.3. The molecule has 0 saturated carbocycles. The fraction of sp³-hybridized carbons (Fsp3) is 0.235. The minimum absolute atomic E-state index is 0.241. The van der Waals surface area contributed by atoms with Crippen LogP contribution < -0.4 is 10.2 Å². The lowest BCUT2D eigenvalue weighted by atomic mass is 10.2. The van der Waals surface area contributed by atoms with E-state index in [0.29, 0.717) is 24.7 Å². The van der Waals surface area contributed by atoms with Gasteiger partial charge in [0.05, 0.1) is 29.8 Å². The summed E-state index contributed by atoms with van der Waals surface area (Å²) < 4.78 is 5.33. The second-order valence-corrected chi connectivity index (χ2v) is 5.56. The normalized spacial score (nSPS) is 14.8. The zero-order chi connectivity index (χ0) is 16.4. The van der Waals surface area contributed by atoms with E-state index in [1.165, 1.54) is 0 Å². The van der Waals surface area contributed by atoms with Gasteiger partial charge in [-0.2, -0.15) is 0 Å². The van der Waals surface area contributed by atoms with Crippen LogP contribution in [-0.2, 0) is 4.74 Å². The van der Waals surface area contributed by atoms with Gasteiger partial charge in [-0.25, -0.2) is 9.97 Å². The fourth-order valence-electron chi connectivity index (χ4n) is 2.69. The van der Waals surface area contributed by atoms with E-state index >= 15 is 0 Å². The summed E-state index contributed by atoms with van der Waals surface area (Å²) >= 11 is 0. The van der Waals surface area contributed by atoms with Crippen LogP contribution in [0, 0.1) is 0 Å². The third-order valence-corrected chi connectivity index (χ3v) is 3.97. The van der Waals surface area contributed by atoms with E-state index in [0.717, 1.165) is 29.9 Å². The number of ether oxygens (including phenoxy) is 1. The minimum atomic E-state index is -0.241. The van der Waals surface area contributed by atoms with Crippen LogP contribution in [0.25, 0.3) is 11.0 Å². The first-order valence-electron chi connectivity index (χ1n) is 7.84. The summed E-state index contributed by atoms with van der Waals surface area (Å²) in [5, 5.41) is 2.77. The molecular formula is C17H17N5O2. The van der Waals surface area contributed by atoms with Crippen molar-refractivity contribution in [2.75, 3.05) is 36.5 Å². The molecule has 3 aromatic rings. The number of anilines is 2. The first kappa shape index (κ1) is 14.6. The van der Waals surface area contributed by atoms with E-state index < -0.39 is 0 Å². The summed E-state index contributed by atoms with van der Waals surface area (Å²) in [5.74, 6) is 1.05. The zero-order valence-corrected chi connectivity index (χ0v) is 13.0. The molecule has 1 aliphatic heterocycles. The molecule has 0 spiro atoms. The lowest BCUT2D eigenvalue weighted by Gasteiger charge is -2.27. The Labute approximate surface area is 138 Å². The molecule has 0 atom stereocenters. The van der Waals surface area contributed by atoms with E-state index in [1.54, 1.807) is 12.3 Å². The summed E-state index contributed by atoms with van der Waals surface area (Å²) in [6, 6.07) is 11.3. The number of nitrogens with one attached hydrogen (secondary N) is 2. The molecule has 2 N–H and O–H groups in total. The number of para-hydroxylation sites is 2. The van der Waals surface area contributed by atoms with Crippen LogP contribution >= 0.6 is 0 Å². The number of amides is 1. The summed E-state index contributed by atoms with van der Waals surface area (Å²) in [5.41, 5.74) is 2.19. The maximum atomic E-state index is 12.3. The molecule has 4 rings (SSSR count). The molecule has 1 fully saturated rings. The number of rotatable bonds is 3. The number of imidazole rings is 1. The fourth-order valence-corrected chi connectivity index (χ4v) is 2.69. The number of H-pyrrole nitrogens is 1. The van der Waals surface area contributed by atoms with Crippen molar-refractivity contribution in [3.8, 4) is 0 Å². The van der Waals surface area contributed by atoms with Crippen LogP contribution in [0.3, 0.4) is 0 Å². The lowest BCUT2D eigenvalue weighted by Crippen LogP contribution is -2.36. The van der Waals surface area contributed by atoms with Gasteiger partial charge in [0.25, 0.3) is 5.91 Å². The quantitative estimate of drug-likeness (QED) is 0.771. The number of pyridine rings is 1. The number of nitrogens with zero attached hydrogens (tertiary/aromatic N) is 3. The van der Waals surface area contributed by atoms with Crippen LogP contribution in [0.1, 0.15) is 10.4 Å². The number of hydrogen-bond donors (Lipinski definition) is 2. The van der Waals surface area contributed by atoms with Gasteiger partial charge in [-0.15, -0.1) is 0 Å². The van der Waals surface area contributed by atoms with Gasteiger partial charge in [0.1, 0.15) is 5.82 Å². The smallest absolute Gasteiger partial charge is 0.259 e. The molecule has 24 heavy (non-hydrogen) atoms. The molecule has 0 unspecified atom stereocenters.